The molecule has 0 atom stereocenters. The monoisotopic (exact) mass is 432 g/mol. The van der Waals surface area contributed by atoms with E-state index in [0.29, 0.717) is 23.7 Å². The summed E-state index contributed by atoms with van der Waals surface area (Å²) in [6.07, 6.45) is 1.70. The summed E-state index contributed by atoms with van der Waals surface area (Å²) in [7, 11) is 0. The van der Waals surface area contributed by atoms with Gasteiger partial charge in [0.2, 0.25) is 5.91 Å². The molecule has 1 amide bonds. The number of carbonyl (C=O) groups is 2. The lowest BCUT2D eigenvalue weighted by Gasteiger charge is -2.19. The molecule has 0 spiro atoms. The second-order valence-electron chi connectivity index (χ2n) is 8.42. The Labute approximate surface area is 188 Å². The first-order chi connectivity index (χ1) is 15.3. The van der Waals surface area contributed by atoms with E-state index in [2.05, 4.69) is 43.4 Å². The van der Waals surface area contributed by atoms with Crippen molar-refractivity contribution >= 4 is 18.1 Å². The first-order valence-electron chi connectivity index (χ1n) is 10.5. The molecule has 0 saturated carbocycles. The molecule has 0 aliphatic rings. The van der Waals surface area contributed by atoms with Crippen LogP contribution < -0.4 is 5.43 Å². The van der Waals surface area contributed by atoms with Crippen LogP contribution in [-0.2, 0) is 21.4 Å². The minimum Gasteiger partial charge on any atom is -0.462 e. The molecule has 0 unspecified atom stereocenters. The van der Waals surface area contributed by atoms with Gasteiger partial charge in [-0.05, 0) is 47.7 Å². The summed E-state index contributed by atoms with van der Waals surface area (Å²) in [6, 6.07) is 18.6. The van der Waals surface area contributed by atoms with Crippen molar-refractivity contribution in [3.63, 3.8) is 0 Å². The largest absolute Gasteiger partial charge is 0.462 e. The fourth-order valence-electron chi connectivity index (χ4n) is 3.08. The van der Waals surface area contributed by atoms with Gasteiger partial charge in [0.05, 0.1) is 24.8 Å². The SMILES string of the molecule is CCOC(=O)c1ccc(-c2ccc(/C=N\NC(=O)Cc3ccc(C(C)(C)C)cc3)o2)cc1. The van der Waals surface area contributed by atoms with Crippen molar-refractivity contribution in [2.45, 2.75) is 39.5 Å². The van der Waals surface area contributed by atoms with Gasteiger partial charge in [0.15, 0.2) is 0 Å². The lowest BCUT2D eigenvalue weighted by atomic mass is 9.86. The second-order valence-corrected chi connectivity index (χ2v) is 8.42. The Kier molecular flexibility index (Phi) is 7.25. The van der Waals surface area contributed by atoms with Crippen molar-refractivity contribution in [3.05, 3.63) is 83.1 Å². The minimum atomic E-state index is -0.354. The number of amides is 1. The third-order valence-electron chi connectivity index (χ3n) is 4.87. The molecule has 0 saturated heterocycles. The molecule has 166 valence electrons. The molecule has 2 aromatic carbocycles. The molecule has 3 aromatic rings. The van der Waals surface area contributed by atoms with E-state index < -0.39 is 0 Å². The fraction of sp³-hybridized carbons (Fsp3) is 0.269. The highest BCUT2D eigenvalue weighted by atomic mass is 16.5. The molecule has 1 N–H and O–H groups in total. The lowest BCUT2D eigenvalue weighted by Crippen LogP contribution is -2.20. The third kappa shape index (κ3) is 6.17. The van der Waals surface area contributed by atoms with Gasteiger partial charge in [-0.1, -0.05) is 57.2 Å². The summed E-state index contributed by atoms with van der Waals surface area (Å²) in [6.45, 7) is 8.57. The zero-order valence-corrected chi connectivity index (χ0v) is 18.8. The van der Waals surface area contributed by atoms with Crippen LogP contribution in [0.3, 0.4) is 0 Å². The Hall–Kier alpha value is -3.67. The predicted molar refractivity (Wildman–Crippen MR) is 125 cm³/mol. The molecule has 0 aliphatic carbocycles. The molecule has 1 heterocycles. The number of hydrogen-bond acceptors (Lipinski definition) is 5. The minimum absolute atomic E-state index is 0.0793. The zero-order valence-electron chi connectivity index (χ0n) is 18.8. The Balaban J connectivity index is 1.54. The van der Waals surface area contributed by atoms with Gasteiger partial charge in [0.1, 0.15) is 11.5 Å². The average molecular weight is 433 g/mol. The van der Waals surface area contributed by atoms with Crippen LogP contribution in [0.2, 0.25) is 0 Å². The molecule has 3 rings (SSSR count). The molecule has 32 heavy (non-hydrogen) atoms. The van der Waals surface area contributed by atoms with Crippen molar-refractivity contribution < 1.29 is 18.7 Å². The lowest BCUT2D eigenvalue weighted by molar-refractivity contribution is -0.120. The summed E-state index contributed by atoms with van der Waals surface area (Å²) >= 11 is 0. The van der Waals surface area contributed by atoms with Crippen LogP contribution >= 0.6 is 0 Å². The van der Waals surface area contributed by atoms with Crippen LogP contribution in [0, 0.1) is 0 Å². The van der Waals surface area contributed by atoms with E-state index in [1.807, 2.05) is 12.1 Å². The Bertz CT molecular complexity index is 1090. The highest BCUT2D eigenvalue weighted by Crippen LogP contribution is 2.23. The average Bonchev–Trinajstić information content (AvgIpc) is 3.23. The number of hydrazone groups is 1. The van der Waals surface area contributed by atoms with Gasteiger partial charge in [-0.15, -0.1) is 0 Å². The number of furan rings is 1. The van der Waals surface area contributed by atoms with Gasteiger partial charge in [-0.25, -0.2) is 10.2 Å². The van der Waals surface area contributed by atoms with E-state index in [0.717, 1.165) is 11.1 Å². The topological polar surface area (TPSA) is 80.9 Å². The highest BCUT2D eigenvalue weighted by molar-refractivity contribution is 5.90. The summed E-state index contributed by atoms with van der Waals surface area (Å²) < 4.78 is 10.7. The maximum atomic E-state index is 12.2. The summed E-state index contributed by atoms with van der Waals surface area (Å²) in [5, 5.41) is 3.98. The van der Waals surface area contributed by atoms with E-state index in [4.69, 9.17) is 9.15 Å². The number of hydrogen-bond donors (Lipinski definition) is 1. The van der Waals surface area contributed by atoms with Gasteiger partial charge in [-0.2, -0.15) is 5.10 Å². The Morgan fingerprint density at radius 3 is 2.31 bits per heavy atom. The molecular formula is C26H28N2O4. The van der Waals surface area contributed by atoms with Gasteiger partial charge in [-0.3, -0.25) is 4.79 Å². The van der Waals surface area contributed by atoms with E-state index in [1.165, 1.54) is 11.8 Å². The van der Waals surface area contributed by atoms with Gasteiger partial charge in [0, 0.05) is 5.56 Å². The van der Waals surface area contributed by atoms with Crippen molar-refractivity contribution in [2.24, 2.45) is 5.10 Å². The van der Waals surface area contributed by atoms with Crippen molar-refractivity contribution in [1.29, 1.82) is 0 Å². The number of nitrogens with one attached hydrogen (secondary N) is 1. The van der Waals surface area contributed by atoms with Crippen LogP contribution in [0.1, 0.15) is 54.9 Å². The molecule has 0 aliphatic heterocycles. The Morgan fingerprint density at radius 2 is 1.69 bits per heavy atom. The number of carbonyl (C=O) groups excluding carboxylic acids is 2. The van der Waals surface area contributed by atoms with Crippen molar-refractivity contribution in [2.75, 3.05) is 6.61 Å². The summed E-state index contributed by atoms with van der Waals surface area (Å²) in [4.78, 5) is 23.9. The van der Waals surface area contributed by atoms with Crippen LogP contribution in [-0.4, -0.2) is 24.7 Å². The number of rotatable bonds is 7. The molecular weight excluding hydrogens is 404 g/mol. The fourth-order valence-corrected chi connectivity index (χ4v) is 3.08. The van der Waals surface area contributed by atoms with Crippen LogP contribution in [0.25, 0.3) is 11.3 Å². The van der Waals surface area contributed by atoms with Gasteiger partial charge < -0.3 is 9.15 Å². The van der Waals surface area contributed by atoms with Crippen LogP contribution in [0.5, 0.6) is 0 Å². The Morgan fingerprint density at radius 1 is 1.00 bits per heavy atom. The van der Waals surface area contributed by atoms with Crippen molar-refractivity contribution in [3.8, 4) is 11.3 Å². The number of ether oxygens (including phenoxy) is 1. The number of nitrogens with zero attached hydrogens (tertiary/aromatic N) is 1. The summed E-state index contributed by atoms with van der Waals surface area (Å²) in [5.74, 6) is 0.578. The van der Waals surface area contributed by atoms with Gasteiger partial charge >= 0.3 is 5.97 Å². The van der Waals surface area contributed by atoms with E-state index in [9.17, 15) is 9.59 Å². The van der Waals surface area contributed by atoms with Crippen LogP contribution in [0.4, 0.5) is 0 Å². The molecule has 0 bridgehead atoms. The van der Waals surface area contributed by atoms with E-state index in [-0.39, 0.29) is 23.7 Å². The normalized spacial score (nSPS) is 11.5. The third-order valence-corrected chi connectivity index (χ3v) is 4.87. The molecule has 0 radical (unpaired) electrons. The predicted octanol–water partition coefficient (Wildman–Crippen LogP) is 5.11. The van der Waals surface area contributed by atoms with Crippen molar-refractivity contribution in [1.82, 2.24) is 5.43 Å². The maximum absolute atomic E-state index is 12.2. The maximum Gasteiger partial charge on any atom is 0.338 e. The zero-order chi connectivity index (χ0) is 23.1. The molecule has 6 heteroatoms. The first kappa shape index (κ1) is 23.0. The molecule has 1 aromatic heterocycles. The first-order valence-corrected chi connectivity index (χ1v) is 10.5. The van der Waals surface area contributed by atoms with E-state index in [1.54, 1.807) is 43.3 Å². The molecule has 0 fully saturated rings. The van der Waals surface area contributed by atoms with Gasteiger partial charge in [0.25, 0.3) is 0 Å². The van der Waals surface area contributed by atoms with Crippen LogP contribution in [0.15, 0.2) is 70.2 Å². The highest BCUT2D eigenvalue weighted by Gasteiger charge is 2.13. The second kappa shape index (κ2) is 10.1. The quantitative estimate of drug-likeness (QED) is 0.319. The van der Waals surface area contributed by atoms with E-state index >= 15 is 0 Å². The standard InChI is InChI=1S/C26H28N2O4/c1-5-31-25(30)20-10-8-19(9-11-20)23-15-14-22(32-23)17-27-28-24(29)16-18-6-12-21(13-7-18)26(2,3)4/h6-15,17H,5,16H2,1-4H3,(H,28,29)/b27-17-. The molecule has 6 nitrogen and oxygen atoms in total. The summed E-state index contributed by atoms with van der Waals surface area (Å²) in [5.41, 5.74) is 6.06. The number of benzene rings is 2. The smallest absolute Gasteiger partial charge is 0.338 e. The number of esters is 1.